The van der Waals surface area contributed by atoms with E-state index in [4.69, 9.17) is 4.74 Å². The molecule has 0 radical (unpaired) electrons. The van der Waals surface area contributed by atoms with Gasteiger partial charge in [0.15, 0.2) is 0 Å². The molecule has 0 fully saturated rings. The maximum absolute atomic E-state index is 11.9. The summed E-state index contributed by atoms with van der Waals surface area (Å²) in [5.74, 6) is -1.47. The summed E-state index contributed by atoms with van der Waals surface area (Å²) in [7, 11) is 2.44. The minimum atomic E-state index is -0.581. The van der Waals surface area contributed by atoms with Crippen molar-refractivity contribution in [2.75, 3.05) is 40.5 Å². The van der Waals surface area contributed by atoms with Crippen LogP contribution in [0, 0.1) is 0 Å². The van der Waals surface area contributed by atoms with Crippen molar-refractivity contribution in [1.82, 2.24) is 4.90 Å². The van der Waals surface area contributed by atoms with Gasteiger partial charge in [0.05, 0.1) is 14.2 Å². The first-order valence-corrected chi connectivity index (χ1v) is 6.04. The van der Waals surface area contributed by atoms with Gasteiger partial charge in [-0.3, -0.25) is 14.4 Å². The van der Waals surface area contributed by atoms with Crippen LogP contribution in [0.25, 0.3) is 0 Å². The van der Waals surface area contributed by atoms with E-state index in [0.29, 0.717) is 19.6 Å². The molecule has 0 aliphatic heterocycles. The van der Waals surface area contributed by atoms with Gasteiger partial charge in [0.25, 0.3) is 0 Å². The summed E-state index contributed by atoms with van der Waals surface area (Å²) in [5, 5.41) is 0. The van der Waals surface area contributed by atoms with Crippen molar-refractivity contribution < 1.29 is 28.6 Å². The molecule has 0 heterocycles. The van der Waals surface area contributed by atoms with Gasteiger partial charge in [0, 0.05) is 19.6 Å². The molecule has 0 aliphatic carbocycles. The third-order valence-electron chi connectivity index (χ3n) is 2.33. The Morgan fingerprint density at radius 2 is 1.53 bits per heavy atom. The monoisotopic (exact) mass is 275 g/mol. The van der Waals surface area contributed by atoms with E-state index in [1.165, 1.54) is 14.2 Å². The van der Waals surface area contributed by atoms with E-state index < -0.39 is 11.9 Å². The normalized spacial score (nSPS) is 9.84. The molecular weight excluding hydrogens is 254 g/mol. The van der Waals surface area contributed by atoms with Crippen LogP contribution in [0.1, 0.15) is 19.8 Å². The summed E-state index contributed by atoms with van der Waals surface area (Å²) in [6.07, 6.45) is 0.736. The van der Waals surface area contributed by atoms with Crippen molar-refractivity contribution >= 4 is 17.8 Å². The molecule has 0 saturated heterocycles. The molecule has 0 spiro atoms. The van der Waals surface area contributed by atoms with E-state index in [1.54, 1.807) is 0 Å². The van der Waals surface area contributed by atoms with Gasteiger partial charge in [0.2, 0.25) is 5.91 Å². The molecule has 0 aromatic rings. The largest absolute Gasteiger partial charge is 0.468 e. The van der Waals surface area contributed by atoms with Crippen molar-refractivity contribution in [1.29, 1.82) is 0 Å². The summed E-state index contributed by atoms with van der Waals surface area (Å²) < 4.78 is 14.1. The molecule has 0 aliphatic rings. The lowest BCUT2D eigenvalue weighted by molar-refractivity contribution is -0.152. The Hall–Kier alpha value is -1.63. The van der Waals surface area contributed by atoms with E-state index in [2.05, 4.69) is 9.47 Å². The van der Waals surface area contributed by atoms with Gasteiger partial charge in [-0.25, -0.2) is 0 Å². The molecule has 1 amide bonds. The maximum atomic E-state index is 11.9. The molecule has 7 nitrogen and oxygen atoms in total. The fourth-order valence-electron chi connectivity index (χ4n) is 1.30. The molecule has 0 saturated carbocycles. The molecule has 0 rings (SSSR count). The number of hydrogen-bond acceptors (Lipinski definition) is 6. The highest BCUT2D eigenvalue weighted by Crippen LogP contribution is 2.00. The van der Waals surface area contributed by atoms with Crippen molar-refractivity contribution in [3.8, 4) is 0 Å². The highest BCUT2D eigenvalue weighted by Gasteiger charge is 2.20. The minimum Gasteiger partial charge on any atom is -0.468 e. The molecule has 0 atom stereocenters. The second-order valence-electron chi connectivity index (χ2n) is 3.70. The smallest absolute Gasteiger partial charge is 0.325 e. The highest BCUT2D eigenvalue weighted by molar-refractivity contribution is 5.85. The Labute approximate surface area is 112 Å². The third-order valence-corrected chi connectivity index (χ3v) is 2.33. The summed E-state index contributed by atoms with van der Waals surface area (Å²) in [5.41, 5.74) is 0. The van der Waals surface area contributed by atoms with Gasteiger partial charge in [-0.2, -0.15) is 0 Å². The molecule has 0 N–H and O–H groups in total. The zero-order valence-electron chi connectivity index (χ0n) is 11.6. The Morgan fingerprint density at radius 3 is 1.95 bits per heavy atom. The number of rotatable bonds is 9. The van der Waals surface area contributed by atoms with Crippen LogP contribution in [0.5, 0.6) is 0 Å². The predicted octanol–water partition coefficient (Wildman–Crippen LogP) is -0.0223. The van der Waals surface area contributed by atoms with Gasteiger partial charge in [-0.15, -0.1) is 0 Å². The Balaban J connectivity index is 4.32. The van der Waals surface area contributed by atoms with Crippen LogP contribution in [0.15, 0.2) is 0 Å². The number of methoxy groups -OCH3 is 2. The van der Waals surface area contributed by atoms with Gasteiger partial charge < -0.3 is 19.1 Å². The SMILES string of the molecule is CCOCCCC(=O)N(CC(=O)OC)CC(=O)OC. The molecular formula is C12H21NO6. The fraction of sp³-hybridized carbons (Fsp3) is 0.750. The molecule has 7 heteroatoms. The number of carbonyl (C=O) groups excluding carboxylic acids is 3. The lowest BCUT2D eigenvalue weighted by Gasteiger charge is -2.20. The summed E-state index contributed by atoms with van der Waals surface area (Å²) in [6.45, 7) is 2.38. The van der Waals surface area contributed by atoms with E-state index in [1.807, 2.05) is 6.92 Å². The van der Waals surface area contributed by atoms with E-state index in [9.17, 15) is 14.4 Å². The minimum absolute atomic E-state index is 0.202. The topological polar surface area (TPSA) is 82.1 Å². The van der Waals surface area contributed by atoms with Crippen molar-refractivity contribution in [2.24, 2.45) is 0 Å². The lowest BCUT2D eigenvalue weighted by atomic mass is 10.3. The number of nitrogens with zero attached hydrogens (tertiary/aromatic N) is 1. The predicted molar refractivity (Wildman–Crippen MR) is 66.3 cm³/mol. The molecule has 0 bridgehead atoms. The van der Waals surface area contributed by atoms with Gasteiger partial charge in [-0.05, 0) is 13.3 Å². The van der Waals surface area contributed by atoms with Crippen LogP contribution in [0.4, 0.5) is 0 Å². The van der Waals surface area contributed by atoms with Crippen LogP contribution >= 0.6 is 0 Å². The van der Waals surface area contributed by atoms with Gasteiger partial charge in [-0.1, -0.05) is 0 Å². The van der Waals surface area contributed by atoms with Crippen LogP contribution in [-0.4, -0.2) is 63.3 Å². The Bertz CT molecular complexity index is 287. The third kappa shape index (κ3) is 8.15. The molecule has 0 aromatic heterocycles. The lowest BCUT2D eigenvalue weighted by Crippen LogP contribution is -2.40. The number of ether oxygens (including phenoxy) is 3. The average Bonchev–Trinajstić information content (AvgIpc) is 2.42. The molecule has 110 valence electrons. The van der Waals surface area contributed by atoms with E-state index in [0.717, 1.165) is 4.90 Å². The first-order valence-electron chi connectivity index (χ1n) is 6.04. The van der Waals surface area contributed by atoms with Gasteiger partial charge in [0.1, 0.15) is 13.1 Å². The summed E-state index contributed by atoms with van der Waals surface area (Å²) in [6, 6.07) is 0. The zero-order valence-corrected chi connectivity index (χ0v) is 11.6. The van der Waals surface area contributed by atoms with E-state index >= 15 is 0 Å². The van der Waals surface area contributed by atoms with Gasteiger partial charge >= 0.3 is 11.9 Å². The number of esters is 2. The van der Waals surface area contributed by atoms with Crippen LogP contribution in [0.3, 0.4) is 0 Å². The molecule has 19 heavy (non-hydrogen) atoms. The fourth-order valence-corrected chi connectivity index (χ4v) is 1.30. The summed E-state index contributed by atoms with van der Waals surface area (Å²) >= 11 is 0. The average molecular weight is 275 g/mol. The zero-order chi connectivity index (χ0) is 14.7. The van der Waals surface area contributed by atoms with Crippen molar-refractivity contribution in [3.05, 3.63) is 0 Å². The van der Waals surface area contributed by atoms with Crippen molar-refractivity contribution in [3.63, 3.8) is 0 Å². The Kier molecular flexibility index (Phi) is 9.42. The van der Waals surface area contributed by atoms with Crippen LogP contribution < -0.4 is 0 Å². The van der Waals surface area contributed by atoms with Crippen LogP contribution in [-0.2, 0) is 28.6 Å². The standard InChI is InChI=1S/C12H21NO6/c1-4-19-7-5-6-10(14)13(8-11(15)17-2)9-12(16)18-3/h4-9H2,1-3H3. The number of carbonyl (C=O) groups is 3. The highest BCUT2D eigenvalue weighted by atomic mass is 16.5. The first-order chi connectivity index (χ1) is 9.04. The molecule has 0 unspecified atom stereocenters. The number of hydrogen-bond donors (Lipinski definition) is 0. The second-order valence-corrected chi connectivity index (χ2v) is 3.70. The van der Waals surface area contributed by atoms with Crippen LogP contribution in [0.2, 0.25) is 0 Å². The van der Waals surface area contributed by atoms with E-state index in [-0.39, 0.29) is 25.4 Å². The number of amides is 1. The molecule has 0 aromatic carbocycles. The second kappa shape index (κ2) is 10.3. The maximum Gasteiger partial charge on any atom is 0.325 e. The Morgan fingerprint density at radius 1 is 1.00 bits per heavy atom. The quantitative estimate of drug-likeness (QED) is 0.434. The first kappa shape index (κ1) is 17.4. The summed E-state index contributed by atoms with van der Waals surface area (Å²) in [4.78, 5) is 35.3. The van der Waals surface area contributed by atoms with Crippen molar-refractivity contribution in [2.45, 2.75) is 19.8 Å².